The number of carbonyl (C=O) groups excluding carboxylic acids is 2. The number of hydrogen-bond donors (Lipinski definition) is 2. The summed E-state index contributed by atoms with van der Waals surface area (Å²) in [5.41, 5.74) is 2.10. The molecule has 1 fully saturated rings. The van der Waals surface area contributed by atoms with E-state index in [-0.39, 0.29) is 24.1 Å². The average molecular weight is 609 g/mol. The van der Waals surface area contributed by atoms with Crippen molar-refractivity contribution in [2.24, 2.45) is 5.92 Å². The van der Waals surface area contributed by atoms with Gasteiger partial charge in [-0.05, 0) is 41.9 Å². The molecule has 240 valence electrons. The number of ketones is 1. The first kappa shape index (κ1) is 38.3. The van der Waals surface area contributed by atoms with E-state index in [2.05, 4.69) is 13.8 Å². The lowest BCUT2D eigenvalue weighted by atomic mass is 10.0. The molecule has 0 amide bonds. The van der Waals surface area contributed by atoms with Crippen LogP contribution < -0.4 is 0 Å². The van der Waals surface area contributed by atoms with E-state index < -0.39 is 12.2 Å². The third-order valence-electron chi connectivity index (χ3n) is 6.87. The first-order chi connectivity index (χ1) is 20.4. The Bertz CT molecular complexity index is 860. The predicted molar refractivity (Wildman–Crippen MR) is 172 cm³/mol. The smallest absolute Gasteiger partial charge is 0.305 e. The third kappa shape index (κ3) is 20.2. The van der Waals surface area contributed by atoms with Crippen molar-refractivity contribution >= 4 is 23.5 Å². The van der Waals surface area contributed by atoms with Gasteiger partial charge in [-0.2, -0.15) is 11.8 Å². The normalized spacial score (nSPS) is 17.3. The number of aliphatic hydroxyl groups excluding tert-OH is 2. The fraction of sp³-hybridized carbons (Fsp3) is 0.706. The average Bonchev–Trinajstić information content (AvgIpc) is 3.30. The Morgan fingerprint density at radius 3 is 2.48 bits per heavy atom. The van der Waals surface area contributed by atoms with E-state index >= 15 is 0 Å². The number of thioether (sulfide) groups is 1. The zero-order valence-corrected chi connectivity index (χ0v) is 27.1. The zero-order chi connectivity index (χ0) is 30.8. The van der Waals surface area contributed by atoms with Gasteiger partial charge in [-0.3, -0.25) is 9.59 Å². The molecule has 1 saturated carbocycles. The number of Topliss-reactive ketones (excluding diaryl/α,β-unsaturated/α-hetero) is 1. The fourth-order valence-corrected chi connectivity index (χ4v) is 5.44. The molecule has 0 bridgehead atoms. The van der Waals surface area contributed by atoms with E-state index in [1.165, 1.54) is 44.3 Å². The molecule has 3 atom stereocenters. The van der Waals surface area contributed by atoms with Crippen molar-refractivity contribution in [1.29, 1.82) is 0 Å². The Labute approximate surface area is 258 Å². The highest BCUT2D eigenvalue weighted by Crippen LogP contribution is 2.24. The van der Waals surface area contributed by atoms with Crippen LogP contribution >= 0.6 is 11.8 Å². The fourth-order valence-electron chi connectivity index (χ4n) is 4.59. The minimum Gasteiger partial charge on any atom is -0.463 e. The van der Waals surface area contributed by atoms with Crippen LogP contribution in [0.15, 0.2) is 36.4 Å². The van der Waals surface area contributed by atoms with E-state index in [4.69, 9.17) is 14.2 Å². The van der Waals surface area contributed by atoms with Crippen molar-refractivity contribution in [3.63, 3.8) is 0 Å². The van der Waals surface area contributed by atoms with Gasteiger partial charge in [0.25, 0.3) is 0 Å². The van der Waals surface area contributed by atoms with Gasteiger partial charge in [0.05, 0.1) is 25.4 Å². The van der Waals surface area contributed by atoms with Crippen molar-refractivity contribution in [3.05, 3.63) is 47.5 Å². The number of carbonyl (C=O) groups is 2. The molecular formula is C34H56O7S. The zero-order valence-electron chi connectivity index (χ0n) is 26.3. The van der Waals surface area contributed by atoms with Crippen LogP contribution in [0.25, 0.3) is 0 Å². The molecule has 1 aromatic rings. The molecular weight excluding hydrogens is 552 g/mol. The molecule has 1 aliphatic rings. The van der Waals surface area contributed by atoms with Crippen molar-refractivity contribution in [2.75, 3.05) is 38.4 Å². The maximum Gasteiger partial charge on any atom is 0.305 e. The van der Waals surface area contributed by atoms with Gasteiger partial charge in [0, 0.05) is 45.3 Å². The lowest BCUT2D eigenvalue weighted by Gasteiger charge is -2.10. The van der Waals surface area contributed by atoms with Crippen LogP contribution in [0.1, 0.15) is 95.6 Å². The van der Waals surface area contributed by atoms with Crippen LogP contribution in [-0.2, 0) is 36.8 Å². The molecule has 2 rings (SSSR count). The molecule has 0 heterocycles. The number of hydrogen-bond acceptors (Lipinski definition) is 8. The van der Waals surface area contributed by atoms with Gasteiger partial charge in [0.1, 0.15) is 12.4 Å². The van der Waals surface area contributed by atoms with Crippen LogP contribution in [0.4, 0.5) is 0 Å². The number of esters is 1. The Kier molecular flexibility index (Phi) is 23.5. The molecule has 42 heavy (non-hydrogen) atoms. The number of unbranched alkanes of at least 4 members (excludes halogenated alkanes) is 5. The van der Waals surface area contributed by atoms with E-state index in [0.29, 0.717) is 39.1 Å². The molecule has 0 unspecified atom stereocenters. The van der Waals surface area contributed by atoms with Gasteiger partial charge in [-0.1, -0.05) is 82.4 Å². The van der Waals surface area contributed by atoms with Gasteiger partial charge in [0.2, 0.25) is 0 Å². The monoisotopic (exact) mass is 608 g/mol. The summed E-state index contributed by atoms with van der Waals surface area (Å²) in [7, 11) is 1.65. The summed E-state index contributed by atoms with van der Waals surface area (Å²) >= 11 is 1.91. The molecule has 0 radical (unpaired) electrons. The highest BCUT2D eigenvalue weighted by Gasteiger charge is 2.29. The molecule has 0 saturated heterocycles. The van der Waals surface area contributed by atoms with Crippen LogP contribution in [-0.4, -0.2) is 72.6 Å². The highest BCUT2D eigenvalue weighted by atomic mass is 32.2. The van der Waals surface area contributed by atoms with Crippen molar-refractivity contribution in [1.82, 2.24) is 0 Å². The Morgan fingerprint density at radius 1 is 1.00 bits per heavy atom. The second-order valence-electron chi connectivity index (χ2n) is 10.9. The number of rotatable bonds is 22. The Balaban J connectivity index is 0.000000420. The predicted octanol–water partition coefficient (Wildman–Crippen LogP) is 6.46. The molecule has 1 aromatic carbocycles. The summed E-state index contributed by atoms with van der Waals surface area (Å²) in [6.07, 6.45) is 13.6. The number of aliphatic hydroxyl groups is 2. The van der Waals surface area contributed by atoms with Crippen LogP contribution in [0, 0.1) is 5.92 Å². The van der Waals surface area contributed by atoms with Crippen molar-refractivity contribution in [3.8, 4) is 0 Å². The molecule has 0 spiro atoms. The minimum absolute atomic E-state index is 0.0823. The minimum atomic E-state index is -0.620. The van der Waals surface area contributed by atoms with E-state index in [0.717, 1.165) is 36.3 Å². The lowest BCUT2D eigenvalue weighted by Crippen LogP contribution is -2.12. The van der Waals surface area contributed by atoms with Crippen molar-refractivity contribution in [2.45, 2.75) is 110 Å². The largest absolute Gasteiger partial charge is 0.463 e. The van der Waals surface area contributed by atoms with Gasteiger partial charge < -0.3 is 24.4 Å². The SMILES string of the molecule is CCCCCCCCOCCOC(=O)CCCSCCC.COCc1cccc(C[C@H](O)/C=C/[C@@H]2CC(=O)C[C@H]2O)c1. The molecule has 0 aromatic heterocycles. The van der Waals surface area contributed by atoms with Crippen LogP contribution in [0.2, 0.25) is 0 Å². The summed E-state index contributed by atoms with van der Waals surface area (Å²) < 4.78 is 15.7. The number of ether oxygens (including phenoxy) is 3. The van der Waals surface area contributed by atoms with Gasteiger partial charge in [-0.25, -0.2) is 0 Å². The summed E-state index contributed by atoms with van der Waals surface area (Å²) in [5.74, 6) is 2.07. The standard InChI is InChI=1S/C17H22O4.C17H34O3S/c1-21-11-13-4-2-3-12(7-13)8-15(18)6-5-14-9-16(19)10-17(14)20;1-3-5-6-7-8-9-12-19-13-14-20-17(18)11-10-16-21-15-4-2/h2-7,14-15,17-18,20H,8-11H2,1H3;3-16H2,1-2H3/b6-5+;/t14-,15-,17-;/m1./s1. The van der Waals surface area contributed by atoms with Crippen LogP contribution in [0.5, 0.6) is 0 Å². The Morgan fingerprint density at radius 2 is 1.76 bits per heavy atom. The van der Waals surface area contributed by atoms with E-state index in [9.17, 15) is 19.8 Å². The number of methoxy groups -OCH3 is 1. The molecule has 0 aliphatic heterocycles. The van der Waals surface area contributed by atoms with E-state index in [1.54, 1.807) is 19.3 Å². The third-order valence-corrected chi connectivity index (χ3v) is 8.15. The second kappa shape index (κ2) is 25.8. The summed E-state index contributed by atoms with van der Waals surface area (Å²) in [6.45, 7) is 6.68. The summed E-state index contributed by atoms with van der Waals surface area (Å²) in [5, 5.41) is 19.7. The topological polar surface area (TPSA) is 102 Å². The van der Waals surface area contributed by atoms with Crippen LogP contribution in [0.3, 0.4) is 0 Å². The highest BCUT2D eigenvalue weighted by molar-refractivity contribution is 7.99. The van der Waals surface area contributed by atoms with Gasteiger partial charge in [-0.15, -0.1) is 0 Å². The van der Waals surface area contributed by atoms with Gasteiger partial charge in [0.15, 0.2) is 0 Å². The Hall–Kier alpha value is -1.71. The summed E-state index contributed by atoms with van der Waals surface area (Å²) in [4.78, 5) is 22.7. The van der Waals surface area contributed by atoms with E-state index in [1.807, 2.05) is 36.0 Å². The molecule has 7 nitrogen and oxygen atoms in total. The second-order valence-corrected chi connectivity index (χ2v) is 12.1. The first-order valence-corrected chi connectivity index (χ1v) is 17.0. The first-order valence-electron chi connectivity index (χ1n) is 15.8. The summed E-state index contributed by atoms with van der Waals surface area (Å²) in [6, 6.07) is 7.90. The maximum absolute atomic E-state index is 11.4. The maximum atomic E-state index is 11.4. The molecule has 2 N–H and O–H groups in total. The molecule has 1 aliphatic carbocycles. The van der Waals surface area contributed by atoms with Gasteiger partial charge >= 0.3 is 5.97 Å². The quantitative estimate of drug-likeness (QED) is 0.0878. The number of benzene rings is 1. The lowest BCUT2D eigenvalue weighted by molar-refractivity contribution is -0.145. The van der Waals surface area contributed by atoms with Crippen molar-refractivity contribution < 1.29 is 34.0 Å². The molecule has 8 heteroatoms.